The predicted molar refractivity (Wildman–Crippen MR) is 122 cm³/mol. The Balaban J connectivity index is 1.41. The summed E-state index contributed by atoms with van der Waals surface area (Å²) in [7, 11) is -3.28. The highest BCUT2D eigenvalue weighted by atomic mass is 32.2. The maximum absolute atomic E-state index is 13.1. The quantitative estimate of drug-likeness (QED) is 0.563. The fraction of sp³-hybridized carbons (Fsp3) is 0.455. The van der Waals surface area contributed by atoms with E-state index in [2.05, 4.69) is 30.4 Å². The number of nitrogens with zero attached hydrogens (tertiary/aromatic N) is 4. The summed E-state index contributed by atoms with van der Waals surface area (Å²) in [5, 5.41) is 0.812. The molecule has 1 saturated carbocycles. The summed E-state index contributed by atoms with van der Waals surface area (Å²) in [5.74, 6) is 0.992. The lowest BCUT2D eigenvalue weighted by Gasteiger charge is -2.43. The molecule has 1 aliphatic carbocycles. The van der Waals surface area contributed by atoms with Crippen LogP contribution in [0.5, 0.6) is 0 Å². The second-order valence-corrected chi connectivity index (χ2v) is 10.8. The van der Waals surface area contributed by atoms with Gasteiger partial charge in [0, 0.05) is 44.0 Å². The molecule has 3 heterocycles. The van der Waals surface area contributed by atoms with Gasteiger partial charge in [-0.1, -0.05) is 18.2 Å². The summed E-state index contributed by atoms with van der Waals surface area (Å²) in [4.78, 5) is 10.9. The number of hydrogen-bond donors (Lipinski definition) is 2. The van der Waals surface area contributed by atoms with Gasteiger partial charge >= 0.3 is 0 Å². The number of nitrogen functional groups attached to an aromatic ring is 1. The van der Waals surface area contributed by atoms with Gasteiger partial charge in [0.25, 0.3) is 0 Å². The van der Waals surface area contributed by atoms with Crippen molar-refractivity contribution in [1.82, 2.24) is 24.2 Å². The first-order valence-electron chi connectivity index (χ1n) is 10.8. The number of hydrogen-bond acceptors (Lipinski definition) is 6. The average molecular weight is 459 g/mol. The molecule has 0 bridgehead atoms. The molecule has 1 aliphatic heterocycles. The first kappa shape index (κ1) is 21.3. The van der Waals surface area contributed by atoms with Crippen LogP contribution in [-0.2, 0) is 16.6 Å². The van der Waals surface area contributed by atoms with Crippen LogP contribution in [0.2, 0.25) is 0 Å². The molecule has 0 radical (unpaired) electrons. The zero-order chi connectivity index (χ0) is 22.5. The summed E-state index contributed by atoms with van der Waals surface area (Å²) < 4.78 is 40.7. The molecule has 32 heavy (non-hydrogen) atoms. The van der Waals surface area contributed by atoms with E-state index in [0.29, 0.717) is 30.9 Å². The maximum atomic E-state index is 13.1. The number of anilines is 1. The van der Waals surface area contributed by atoms with Crippen molar-refractivity contribution in [1.29, 1.82) is 0 Å². The second-order valence-electron chi connectivity index (χ2n) is 9.01. The Morgan fingerprint density at radius 3 is 2.75 bits per heavy atom. The Bertz CT molecular complexity index is 1250. The summed E-state index contributed by atoms with van der Waals surface area (Å²) in [5.41, 5.74) is 9.79. The predicted octanol–water partition coefficient (Wildman–Crippen LogP) is 2.33. The smallest absolute Gasteiger partial charge is 0.209 e. The van der Waals surface area contributed by atoms with Gasteiger partial charge in [-0.2, -0.15) is 0 Å². The van der Waals surface area contributed by atoms with E-state index in [4.69, 9.17) is 5.73 Å². The van der Waals surface area contributed by atoms with Gasteiger partial charge in [0.2, 0.25) is 10.0 Å². The molecular weight excluding hydrogens is 431 g/mol. The Hall–Kier alpha value is -2.56. The number of fused-ring (bicyclic) bond motifs is 1. The number of alkyl halides is 1. The van der Waals surface area contributed by atoms with Crippen LogP contribution >= 0.6 is 0 Å². The van der Waals surface area contributed by atoms with E-state index in [9.17, 15) is 12.8 Å². The summed E-state index contributed by atoms with van der Waals surface area (Å²) in [6.07, 6.45) is 6.11. The van der Waals surface area contributed by atoms with Crippen LogP contribution in [0.3, 0.4) is 0 Å². The molecule has 3 N–H and O–H groups in total. The van der Waals surface area contributed by atoms with Crippen LogP contribution in [0.15, 0.2) is 36.8 Å². The number of rotatable bonds is 7. The van der Waals surface area contributed by atoms with Crippen molar-refractivity contribution >= 4 is 26.9 Å². The fourth-order valence-corrected chi connectivity index (χ4v) is 5.20. The summed E-state index contributed by atoms with van der Waals surface area (Å²) in [6, 6.07) is 8.06. The molecule has 10 heteroatoms. The van der Waals surface area contributed by atoms with E-state index in [1.165, 1.54) is 6.33 Å². The Labute approximate surface area is 186 Å². The number of benzene rings is 1. The third kappa shape index (κ3) is 4.22. The summed E-state index contributed by atoms with van der Waals surface area (Å²) >= 11 is 0. The molecule has 0 atom stereocenters. The monoisotopic (exact) mass is 458 g/mol. The normalized spacial score (nSPS) is 22.1. The average Bonchev–Trinajstić information content (AvgIpc) is 3.07. The van der Waals surface area contributed by atoms with Crippen molar-refractivity contribution in [2.45, 2.75) is 31.6 Å². The minimum absolute atomic E-state index is 0.220. The number of nitrogens with one attached hydrogen (secondary N) is 1. The first-order valence-corrected chi connectivity index (χ1v) is 12.7. The van der Waals surface area contributed by atoms with Gasteiger partial charge in [0.15, 0.2) is 0 Å². The molecule has 0 unspecified atom stereocenters. The van der Waals surface area contributed by atoms with Crippen molar-refractivity contribution < 1.29 is 12.8 Å². The van der Waals surface area contributed by atoms with Gasteiger partial charge < -0.3 is 10.3 Å². The van der Waals surface area contributed by atoms with Gasteiger partial charge in [0.05, 0.1) is 11.6 Å². The molecule has 2 aromatic heterocycles. The Kier molecular flexibility index (Phi) is 5.39. The zero-order valence-corrected chi connectivity index (χ0v) is 18.7. The number of sulfonamides is 1. The largest absolute Gasteiger partial charge is 0.383 e. The Morgan fingerprint density at radius 2 is 2.03 bits per heavy atom. The van der Waals surface area contributed by atoms with Crippen LogP contribution in [0.4, 0.5) is 10.2 Å². The highest BCUT2D eigenvalue weighted by Crippen LogP contribution is 2.43. The number of likely N-dealkylation sites (tertiary alicyclic amines) is 1. The molecule has 5 rings (SSSR count). The van der Waals surface area contributed by atoms with E-state index in [1.807, 2.05) is 24.3 Å². The number of halogens is 1. The molecule has 2 aliphatic rings. The molecule has 170 valence electrons. The van der Waals surface area contributed by atoms with E-state index >= 15 is 0 Å². The Morgan fingerprint density at radius 1 is 1.25 bits per heavy atom. The van der Waals surface area contributed by atoms with Crippen molar-refractivity contribution in [3.63, 3.8) is 0 Å². The van der Waals surface area contributed by atoms with Gasteiger partial charge in [-0.05, 0) is 36.0 Å². The molecule has 8 nitrogen and oxygen atoms in total. The molecule has 0 amide bonds. The topological polar surface area (TPSA) is 106 Å². The third-order valence-corrected chi connectivity index (χ3v) is 7.12. The molecule has 0 spiro atoms. The van der Waals surface area contributed by atoms with Gasteiger partial charge in [0.1, 0.15) is 24.0 Å². The molecule has 2 fully saturated rings. The zero-order valence-electron chi connectivity index (χ0n) is 17.9. The highest BCUT2D eigenvalue weighted by molar-refractivity contribution is 7.88. The third-order valence-electron chi connectivity index (χ3n) is 6.45. The van der Waals surface area contributed by atoms with Crippen LogP contribution in [0.1, 0.15) is 24.4 Å². The van der Waals surface area contributed by atoms with Crippen molar-refractivity contribution in [3.8, 4) is 11.1 Å². The highest BCUT2D eigenvalue weighted by Gasteiger charge is 2.36. The van der Waals surface area contributed by atoms with Crippen LogP contribution in [0, 0.1) is 5.92 Å². The number of aromatic nitrogens is 3. The van der Waals surface area contributed by atoms with E-state index in [-0.39, 0.29) is 6.54 Å². The van der Waals surface area contributed by atoms with Crippen molar-refractivity contribution in [3.05, 3.63) is 42.4 Å². The molecule has 1 saturated heterocycles. The minimum atomic E-state index is -3.28. The van der Waals surface area contributed by atoms with Gasteiger partial charge in [-0.3, -0.25) is 4.90 Å². The standard InChI is InChI=1S/C22H27FN6O2S/c1-32(30,31)27-8-14-3-2-4-16(5-14)19-12-29(22-20(19)21(24)25-13-26-22)18-6-15(7-18)9-28-10-17(23)11-28/h2-5,12-13,15,17-18,27H,6-11H2,1H3,(H2,24,25,26). The molecule has 1 aromatic carbocycles. The van der Waals surface area contributed by atoms with E-state index in [0.717, 1.165) is 53.4 Å². The number of nitrogens with two attached hydrogens (primary N) is 1. The van der Waals surface area contributed by atoms with Crippen molar-refractivity contribution in [2.24, 2.45) is 5.92 Å². The van der Waals surface area contributed by atoms with Crippen LogP contribution < -0.4 is 10.5 Å². The lowest BCUT2D eigenvalue weighted by atomic mass is 9.79. The van der Waals surface area contributed by atoms with E-state index < -0.39 is 16.2 Å². The van der Waals surface area contributed by atoms with Crippen LogP contribution in [-0.4, -0.2) is 59.9 Å². The van der Waals surface area contributed by atoms with Gasteiger partial charge in [-0.15, -0.1) is 0 Å². The maximum Gasteiger partial charge on any atom is 0.209 e. The summed E-state index contributed by atoms with van der Waals surface area (Å²) in [6.45, 7) is 2.30. The van der Waals surface area contributed by atoms with E-state index in [1.54, 1.807) is 0 Å². The van der Waals surface area contributed by atoms with Crippen molar-refractivity contribution in [2.75, 3.05) is 31.6 Å². The lowest BCUT2D eigenvalue weighted by Crippen LogP contribution is -2.51. The minimum Gasteiger partial charge on any atom is -0.383 e. The van der Waals surface area contributed by atoms with Crippen LogP contribution in [0.25, 0.3) is 22.2 Å². The SMILES string of the molecule is CS(=O)(=O)NCc1cccc(-c2cn(C3CC(CN4CC(F)C4)C3)c3ncnc(N)c23)c1. The second kappa shape index (κ2) is 8.09. The molecular formula is C22H27FN6O2S. The fourth-order valence-electron chi connectivity index (χ4n) is 4.77. The van der Waals surface area contributed by atoms with Gasteiger partial charge in [-0.25, -0.2) is 27.5 Å². The first-order chi connectivity index (χ1) is 15.3. The lowest BCUT2D eigenvalue weighted by molar-refractivity contribution is 0.0282. The molecule has 3 aromatic rings.